The Hall–Kier alpha value is -6.11. The monoisotopic (exact) mass is 1320 g/mol. The first kappa shape index (κ1) is 75.9. The van der Waals surface area contributed by atoms with Crippen molar-refractivity contribution in [3.63, 3.8) is 0 Å². The van der Waals surface area contributed by atoms with Crippen molar-refractivity contribution in [3.05, 3.63) is 0 Å². The smallest absolute Gasteiger partial charge is 0.351 e. The summed E-state index contributed by atoms with van der Waals surface area (Å²) in [6.07, 6.45) is 2.79. The predicted octanol–water partition coefficient (Wildman–Crippen LogP) is 5.88. The molecule has 0 aromatic carbocycles. The minimum absolute atomic E-state index is 0.0158. The molecule has 4 aliphatic carbocycles. The zero-order valence-electron chi connectivity index (χ0n) is 57.2. The lowest BCUT2D eigenvalue weighted by atomic mass is 9.78. The van der Waals surface area contributed by atoms with Gasteiger partial charge in [0.15, 0.2) is 0 Å². The topological polar surface area (TPSA) is 259 Å². The Bertz CT molecular complexity index is 2630. The fourth-order valence-corrected chi connectivity index (χ4v) is 15.2. The number of hydrogen-bond acceptors (Lipinski definition) is 11. The van der Waals surface area contributed by atoms with Gasteiger partial charge in [-0.05, 0) is 126 Å². The maximum absolute atomic E-state index is 15.2. The zero-order chi connectivity index (χ0) is 68.8. The van der Waals surface area contributed by atoms with Crippen LogP contribution in [-0.2, 0) is 52.7 Å². The van der Waals surface area contributed by atoms with Gasteiger partial charge in [-0.15, -0.1) is 0 Å². The molecule has 3 unspecified atom stereocenters. The van der Waals surface area contributed by atoms with E-state index in [2.05, 4.69) is 21.3 Å². The lowest BCUT2D eigenvalue weighted by Gasteiger charge is -2.39. The molecule has 1 spiro atoms. The highest BCUT2D eigenvalue weighted by atomic mass is 19.4. The molecule has 11 amide bonds. The molecule has 26 heteroatoms. The number of rotatable bonds is 10. The second-order valence-corrected chi connectivity index (χ2v) is 29.1. The minimum atomic E-state index is -4.73. The molecular formula is C67H109F4N11O11. The Labute approximate surface area is 548 Å². The highest BCUT2D eigenvalue weighted by Crippen LogP contribution is 2.43. The van der Waals surface area contributed by atoms with E-state index in [1.165, 1.54) is 66.8 Å². The Morgan fingerprint density at radius 1 is 0.538 bits per heavy atom. The number of alkyl halides is 4. The quantitative estimate of drug-likeness (QED) is 0.188. The van der Waals surface area contributed by atoms with Gasteiger partial charge in [0.1, 0.15) is 48.0 Å². The molecule has 6 aliphatic rings. The fourth-order valence-electron chi connectivity index (χ4n) is 15.2. The van der Waals surface area contributed by atoms with E-state index in [4.69, 9.17) is 0 Å². The molecule has 2 saturated heterocycles. The van der Waals surface area contributed by atoms with Crippen molar-refractivity contribution in [2.24, 2.45) is 35.5 Å². The Morgan fingerprint density at radius 3 is 1.69 bits per heavy atom. The zero-order valence-corrected chi connectivity index (χ0v) is 57.2. The standard InChI is InChI=1S/C67H109F4N11O11/c1-41(2)33-51-60(88)74-58(46-23-16-13-17-24-46)64(92)78(8)39-56(85)76(6)40-57(86)80(10)53(37-44-21-14-12-15-22-44)63(91)77(7)38-54(83)73-49(29-27-45-26-28-47(48(68)36-45)67(69,70)71)62(90)82-32-20-25-50(82)61(89)75-66(30-18-19-31-66)65(93)81(11)52(34-42(3)4)59(87)72-43(5)35-55(84)79(51)9/h41-53,58H,12-40H2,1-11H3,(H,72,87)(H,73,83)(H,74,88)(H,75,89)/t43-,45?,47?,48?,49+,50+,51+,52+,53+,58+/m1/s1. The number of hydrogen-bond donors (Lipinski definition) is 4. The Balaban J connectivity index is 1.35. The number of halogens is 4. The van der Waals surface area contributed by atoms with Crippen LogP contribution >= 0.6 is 0 Å². The third-order valence-corrected chi connectivity index (χ3v) is 20.8. The normalized spacial score (nSPS) is 30.1. The van der Waals surface area contributed by atoms with E-state index < -0.39 is 169 Å². The highest BCUT2D eigenvalue weighted by molar-refractivity contribution is 5.99. The summed E-state index contributed by atoms with van der Waals surface area (Å²) in [6.45, 7) is 7.71. The largest absolute Gasteiger partial charge is 0.394 e. The Kier molecular flexibility index (Phi) is 27.8. The van der Waals surface area contributed by atoms with Gasteiger partial charge in [-0.25, -0.2) is 4.39 Å². The lowest BCUT2D eigenvalue weighted by Crippen LogP contribution is -2.64. The van der Waals surface area contributed by atoms with Crippen molar-refractivity contribution in [1.29, 1.82) is 0 Å². The third-order valence-electron chi connectivity index (χ3n) is 20.8. The number of carbonyl (C=O) groups excluding carboxylic acids is 11. The number of nitrogens with one attached hydrogen (secondary N) is 4. The van der Waals surface area contributed by atoms with E-state index in [1.807, 2.05) is 27.7 Å². The van der Waals surface area contributed by atoms with Crippen molar-refractivity contribution in [1.82, 2.24) is 55.6 Å². The number of fused-ring (bicyclic) bond motifs is 1. The first-order valence-electron chi connectivity index (χ1n) is 34.5. The van der Waals surface area contributed by atoms with Crippen LogP contribution in [0.4, 0.5) is 17.6 Å². The van der Waals surface area contributed by atoms with Gasteiger partial charge in [-0.2, -0.15) is 13.2 Å². The number of nitrogens with zero attached hydrogens (tertiary/aromatic N) is 7. The van der Waals surface area contributed by atoms with Crippen LogP contribution in [-0.4, -0.2) is 228 Å². The van der Waals surface area contributed by atoms with Crippen LogP contribution in [0.1, 0.15) is 195 Å². The minimum Gasteiger partial charge on any atom is -0.351 e. The molecule has 526 valence electrons. The van der Waals surface area contributed by atoms with Crippen molar-refractivity contribution < 1.29 is 70.3 Å². The summed E-state index contributed by atoms with van der Waals surface area (Å²) in [4.78, 5) is 169. The molecule has 0 aromatic rings. The molecule has 0 bridgehead atoms. The SMILES string of the molecule is CC(C)C[C@H]1C(=O)N[C@@H](C2CCCCC2)C(=O)N(C)CC(=O)N(C)CC(=O)N(C)[C@@H](CC2CCCCC2)C(=O)N(C)CC(=O)N[C@@H](CCC2CCC(C(F)(F)F)C(F)C2)C(=O)N2CCC[C@H]2C(=O)NC2(CCCC2)C(=O)N(C)[C@@H](CC(C)C)C(=O)N[C@H](C)CC(=O)N1C. The summed E-state index contributed by atoms with van der Waals surface area (Å²) < 4.78 is 56.5. The Morgan fingerprint density at radius 2 is 1.10 bits per heavy atom. The summed E-state index contributed by atoms with van der Waals surface area (Å²) in [5.41, 5.74) is -1.49. The fraction of sp³-hybridized carbons (Fsp3) is 0.836. The molecule has 93 heavy (non-hydrogen) atoms. The maximum Gasteiger partial charge on any atom is 0.394 e. The first-order chi connectivity index (χ1) is 43.7. The van der Waals surface area contributed by atoms with E-state index in [1.54, 1.807) is 6.92 Å². The van der Waals surface area contributed by atoms with Gasteiger partial charge in [0.25, 0.3) is 0 Å². The van der Waals surface area contributed by atoms with Crippen molar-refractivity contribution in [2.45, 2.75) is 255 Å². The second-order valence-electron chi connectivity index (χ2n) is 29.1. The van der Waals surface area contributed by atoms with E-state index >= 15 is 14.0 Å². The van der Waals surface area contributed by atoms with Gasteiger partial charge in [0.2, 0.25) is 65.0 Å². The summed E-state index contributed by atoms with van der Waals surface area (Å²) in [6, 6.07) is -7.62. The van der Waals surface area contributed by atoms with Crippen LogP contribution in [0, 0.1) is 35.5 Å². The highest BCUT2D eigenvalue weighted by Gasteiger charge is 2.51. The predicted molar refractivity (Wildman–Crippen MR) is 340 cm³/mol. The molecule has 0 aromatic heterocycles. The molecule has 6 rings (SSSR count). The number of carbonyl (C=O) groups is 11. The molecule has 4 saturated carbocycles. The van der Waals surface area contributed by atoms with Crippen LogP contribution in [0.15, 0.2) is 0 Å². The average Bonchev–Trinajstić information content (AvgIpc) is 1.73. The van der Waals surface area contributed by atoms with Crippen LogP contribution in [0.3, 0.4) is 0 Å². The number of likely N-dealkylation sites (N-methyl/N-ethyl adjacent to an activating group) is 6. The van der Waals surface area contributed by atoms with Gasteiger partial charge in [0, 0.05) is 61.3 Å². The van der Waals surface area contributed by atoms with E-state index in [9.17, 15) is 56.3 Å². The summed E-state index contributed by atoms with van der Waals surface area (Å²) >= 11 is 0. The van der Waals surface area contributed by atoms with Crippen LogP contribution in [0.5, 0.6) is 0 Å². The van der Waals surface area contributed by atoms with Gasteiger partial charge >= 0.3 is 6.18 Å². The lowest BCUT2D eigenvalue weighted by molar-refractivity contribution is -0.201. The van der Waals surface area contributed by atoms with Gasteiger partial charge in [-0.1, -0.05) is 91.9 Å². The van der Waals surface area contributed by atoms with Crippen molar-refractivity contribution >= 4 is 65.0 Å². The molecule has 22 nitrogen and oxygen atoms in total. The molecule has 4 N–H and O–H groups in total. The average molecular weight is 1320 g/mol. The van der Waals surface area contributed by atoms with E-state index in [0.717, 1.165) is 61.2 Å². The van der Waals surface area contributed by atoms with Gasteiger partial charge in [-0.3, -0.25) is 52.7 Å². The number of amides is 11. The van der Waals surface area contributed by atoms with Crippen molar-refractivity contribution in [2.75, 3.05) is 68.5 Å². The summed E-state index contributed by atoms with van der Waals surface area (Å²) in [7, 11) is 8.67. The molecule has 2 aliphatic heterocycles. The summed E-state index contributed by atoms with van der Waals surface area (Å²) in [5.74, 6) is -9.78. The molecule has 2 heterocycles. The third kappa shape index (κ3) is 20.5. The molecule has 0 radical (unpaired) electrons. The molecule has 10 atom stereocenters. The van der Waals surface area contributed by atoms with Crippen molar-refractivity contribution in [3.8, 4) is 0 Å². The molecular weight excluding hydrogens is 1210 g/mol. The van der Waals surface area contributed by atoms with Gasteiger partial charge in [0.05, 0.1) is 25.6 Å². The van der Waals surface area contributed by atoms with E-state index in [0.29, 0.717) is 32.1 Å². The second kappa shape index (κ2) is 34.0. The van der Waals surface area contributed by atoms with Crippen LogP contribution < -0.4 is 21.3 Å². The maximum atomic E-state index is 15.2. The summed E-state index contributed by atoms with van der Waals surface area (Å²) in [5, 5.41) is 11.7. The van der Waals surface area contributed by atoms with Crippen LogP contribution in [0.25, 0.3) is 0 Å². The molecule has 6 fully saturated rings. The van der Waals surface area contributed by atoms with Gasteiger partial charge < -0.3 is 55.6 Å². The van der Waals surface area contributed by atoms with E-state index in [-0.39, 0.29) is 94.4 Å². The van der Waals surface area contributed by atoms with Crippen LogP contribution in [0.2, 0.25) is 0 Å². The first-order valence-corrected chi connectivity index (χ1v) is 34.5.